The number of rotatable bonds is 4. The SMILES string of the molecule is CC(C)C(CO)NC(=O)c1ccon1. The van der Waals surface area contributed by atoms with Gasteiger partial charge in [0.2, 0.25) is 0 Å². The summed E-state index contributed by atoms with van der Waals surface area (Å²) < 4.78 is 4.54. The molecule has 0 bridgehead atoms. The summed E-state index contributed by atoms with van der Waals surface area (Å²) in [5.41, 5.74) is 0.226. The Morgan fingerprint density at radius 3 is 2.86 bits per heavy atom. The Labute approximate surface area is 82.1 Å². The molecule has 78 valence electrons. The summed E-state index contributed by atoms with van der Waals surface area (Å²) >= 11 is 0. The average Bonchev–Trinajstić information content (AvgIpc) is 2.65. The van der Waals surface area contributed by atoms with Crippen molar-refractivity contribution in [3.63, 3.8) is 0 Å². The largest absolute Gasteiger partial charge is 0.394 e. The van der Waals surface area contributed by atoms with Crippen molar-refractivity contribution in [2.75, 3.05) is 6.61 Å². The lowest BCUT2D eigenvalue weighted by atomic mass is 10.1. The number of carbonyl (C=O) groups excluding carboxylic acids is 1. The highest BCUT2D eigenvalue weighted by Crippen LogP contribution is 2.02. The monoisotopic (exact) mass is 198 g/mol. The second-order valence-corrected chi connectivity index (χ2v) is 3.39. The molecule has 0 aliphatic rings. The molecule has 1 aromatic heterocycles. The fourth-order valence-electron chi connectivity index (χ4n) is 0.995. The maximum atomic E-state index is 11.4. The molecule has 1 heterocycles. The maximum Gasteiger partial charge on any atom is 0.273 e. The number of nitrogens with zero attached hydrogens (tertiary/aromatic N) is 1. The van der Waals surface area contributed by atoms with Crippen LogP contribution in [0.15, 0.2) is 16.9 Å². The fourth-order valence-corrected chi connectivity index (χ4v) is 0.995. The molecular formula is C9H14N2O3. The standard InChI is InChI=1S/C9H14N2O3/c1-6(2)8(5-12)10-9(13)7-3-4-14-11-7/h3-4,6,8,12H,5H2,1-2H3,(H,10,13). The summed E-state index contributed by atoms with van der Waals surface area (Å²) in [7, 11) is 0. The summed E-state index contributed by atoms with van der Waals surface area (Å²) in [5.74, 6) is -0.151. The summed E-state index contributed by atoms with van der Waals surface area (Å²) in [6.45, 7) is 3.76. The van der Waals surface area contributed by atoms with Crippen LogP contribution in [0.4, 0.5) is 0 Å². The van der Waals surface area contributed by atoms with Crippen molar-refractivity contribution in [1.82, 2.24) is 10.5 Å². The first-order valence-electron chi connectivity index (χ1n) is 4.47. The highest BCUT2D eigenvalue weighted by Gasteiger charge is 2.17. The van der Waals surface area contributed by atoms with E-state index >= 15 is 0 Å². The summed E-state index contributed by atoms with van der Waals surface area (Å²) in [5, 5.41) is 15.1. The van der Waals surface area contributed by atoms with Crippen molar-refractivity contribution >= 4 is 5.91 Å². The zero-order chi connectivity index (χ0) is 10.6. The van der Waals surface area contributed by atoms with E-state index in [0.29, 0.717) is 0 Å². The Morgan fingerprint density at radius 2 is 2.43 bits per heavy atom. The Kier molecular flexibility index (Phi) is 3.64. The Hall–Kier alpha value is -1.36. The fraction of sp³-hybridized carbons (Fsp3) is 0.556. The highest BCUT2D eigenvalue weighted by atomic mass is 16.5. The molecule has 5 nitrogen and oxygen atoms in total. The van der Waals surface area contributed by atoms with Crippen molar-refractivity contribution in [1.29, 1.82) is 0 Å². The van der Waals surface area contributed by atoms with Crippen molar-refractivity contribution in [2.24, 2.45) is 5.92 Å². The summed E-state index contributed by atoms with van der Waals surface area (Å²) in [6, 6.07) is 1.23. The van der Waals surface area contributed by atoms with Crippen LogP contribution >= 0.6 is 0 Å². The molecule has 1 amide bonds. The highest BCUT2D eigenvalue weighted by molar-refractivity contribution is 5.92. The summed E-state index contributed by atoms with van der Waals surface area (Å²) in [6.07, 6.45) is 1.33. The first-order valence-corrected chi connectivity index (χ1v) is 4.47. The van der Waals surface area contributed by atoms with E-state index in [4.69, 9.17) is 5.11 Å². The van der Waals surface area contributed by atoms with Crippen LogP contribution in [-0.4, -0.2) is 28.8 Å². The van der Waals surface area contributed by atoms with Crippen molar-refractivity contribution in [2.45, 2.75) is 19.9 Å². The van der Waals surface area contributed by atoms with E-state index in [1.165, 1.54) is 12.3 Å². The molecule has 0 fully saturated rings. The quantitative estimate of drug-likeness (QED) is 0.735. The molecule has 0 saturated heterocycles. The number of carbonyl (C=O) groups is 1. The molecule has 1 rings (SSSR count). The lowest BCUT2D eigenvalue weighted by Crippen LogP contribution is -2.41. The molecule has 0 aliphatic heterocycles. The summed E-state index contributed by atoms with van der Waals surface area (Å²) in [4.78, 5) is 11.4. The minimum atomic E-state index is -0.327. The van der Waals surface area contributed by atoms with Gasteiger partial charge in [0.05, 0.1) is 12.6 Å². The van der Waals surface area contributed by atoms with Crippen molar-refractivity contribution in [3.8, 4) is 0 Å². The van der Waals surface area contributed by atoms with Gasteiger partial charge >= 0.3 is 0 Å². The van der Waals surface area contributed by atoms with Gasteiger partial charge in [0.25, 0.3) is 5.91 Å². The number of aliphatic hydroxyl groups excluding tert-OH is 1. The molecule has 5 heteroatoms. The second-order valence-electron chi connectivity index (χ2n) is 3.39. The molecule has 14 heavy (non-hydrogen) atoms. The van der Waals surface area contributed by atoms with Gasteiger partial charge in [-0.25, -0.2) is 0 Å². The lowest BCUT2D eigenvalue weighted by molar-refractivity contribution is 0.0887. The number of aliphatic hydroxyl groups is 1. The van der Waals surface area contributed by atoms with E-state index in [1.807, 2.05) is 13.8 Å². The molecule has 1 unspecified atom stereocenters. The second kappa shape index (κ2) is 4.76. The lowest BCUT2D eigenvalue weighted by Gasteiger charge is -2.18. The molecule has 1 aromatic rings. The Bertz CT molecular complexity index is 282. The minimum absolute atomic E-state index is 0.0821. The predicted molar refractivity (Wildman–Crippen MR) is 49.7 cm³/mol. The maximum absolute atomic E-state index is 11.4. The average molecular weight is 198 g/mol. The third-order valence-corrected chi connectivity index (χ3v) is 1.99. The molecule has 0 spiro atoms. The zero-order valence-electron chi connectivity index (χ0n) is 8.23. The number of aromatic nitrogens is 1. The van der Waals surface area contributed by atoms with Gasteiger partial charge in [0.1, 0.15) is 6.26 Å². The third kappa shape index (κ3) is 2.56. The number of nitrogens with one attached hydrogen (secondary N) is 1. The van der Waals surface area contributed by atoms with Crippen molar-refractivity contribution < 1.29 is 14.4 Å². The van der Waals surface area contributed by atoms with Gasteiger partial charge in [-0.2, -0.15) is 0 Å². The molecule has 0 aliphatic carbocycles. The molecule has 2 N–H and O–H groups in total. The topological polar surface area (TPSA) is 75.4 Å². The first-order chi connectivity index (χ1) is 6.65. The van der Waals surface area contributed by atoms with E-state index in [0.717, 1.165) is 0 Å². The van der Waals surface area contributed by atoms with E-state index in [-0.39, 0.29) is 30.2 Å². The Balaban J connectivity index is 2.56. The van der Waals surface area contributed by atoms with Gasteiger partial charge in [-0.1, -0.05) is 19.0 Å². The van der Waals surface area contributed by atoms with Gasteiger partial charge in [0.15, 0.2) is 5.69 Å². The zero-order valence-corrected chi connectivity index (χ0v) is 8.23. The van der Waals surface area contributed by atoms with E-state index in [1.54, 1.807) is 0 Å². The van der Waals surface area contributed by atoms with Gasteiger partial charge < -0.3 is 14.9 Å². The molecule has 1 atom stereocenters. The van der Waals surface area contributed by atoms with Crippen LogP contribution in [0.3, 0.4) is 0 Å². The van der Waals surface area contributed by atoms with Crippen molar-refractivity contribution in [3.05, 3.63) is 18.0 Å². The van der Waals surface area contributed by atoms with Gasteiger partial charge in [-0.15, -0.1) is 0 Å². The van der Waals surface area contributed by atoms with Gasteiger partial charge in [-0.05, 0) is 5.92 Å². The predicted octanol–water partition coefficient (Wildman–Crippen LogP) is 0.421. The molecule has 0 radical (unpaired) electrons. The first kappa shape index (κ1) is 10.7. The minimum Gasteiger partial charge on any atom is -0.394 e. The van der Waals surface area contributed by atoms with E-state index < -0.39 is 0 Å². The van der Waals surface area contributed by atoms with Crippen LogP contribution in [0.25, 0.3) is 0 Å². The Morgan fingerprint density at radius 1 is 1.71 bits per heavy atom. The van der Waals surface area contributed by atoms with Crippen LogP contribution in [0.5, 0.6) is 0 Å². The normalized spacial score (nSPS) is 12.9. The molecule has 0 saturated carbocycles. The van der Waals surface area contributed by atoms with E-state index in [2.05, 4.69) is 15.0 Å². The molecule has 0 aromatic carbocycles. The number of hydrogen-bond acceptors (Lipinski definition) is 4. The molecular weight excluding hydrogens is 184 g/mol. The smallest absolute Gasteiger partial charge is 0.273 e. The van der Waals surface area contributed by atoms with Crippen LogP contribution in [0.1, 0.15) is 24.3 Å². The van der Waals surface area contributed by atoms with E-state index in [9.17, 15) is 4.79 Å². The van der Waals surface area contributed by atoms with Gasteiger partial charge in [0, 0.05) is 6.07 Å². The van der Waals surface area contributed by atoms with Crippen LogP contribution in [0, 0.1) is 5.92 Å². The van der Waals surface area contributed by atoms with Crippen LogP contribution in [-0.2, 0) is 0 Å². The third-order valence-electron chi connectivity index (χ3n) is 1.99. The number of hydrogen-bond donors (Lipinski definition) is 2. The van der Waals surface area contributed by atoms with Crippen LogP contribution in [0.2, 0.25) is 0 Å². The number of amides is 1. The van der Waals surface area contributed by atoms with Gasteiger partial charge in [-0.3, -0.25) is 4.79 Å². The van der Waals surface area contributed by atoms with Crippen LogP contribution < -0.4 is 5.32 Å².